The third-order valence-corrected chi connectivity index (χ3v) is 11.2. The van der Waals surface area contributed by atoms with E-state index < -0.39 is 53.8 Å². The molecule has 0 atom stereocenters. The van der Waals surface area contributed by atoms with E-state index in [0.29, 0.717) is 0 Å². The number of aryl methyl sites for hydroxylation is 2. The maximum Gasteiger partial charge on any atom is 0.0964 e. The third-order valence-electron chi connectivity index (χ3n) is 8.80. The Balaban J connectivity index is 0.000000295. The molecule has 5 aromatic rings. The zero-order chi connectivity index (χ0) is 45.8. The zero-order valence-electron chi connectivity index (χ0n) is 33.3. The Bertz CT molecular complexity index is 2030. The van der Waals surface area contributed by atoms with Crippen LogP contribution in [-0.4, -0.2) is 60.5 Å². The average molecular weight is 948 g/mol. The first-order valence-electron chi connectivity index (χ1n) is 18.2. The van der Waals surface area contributed by atoms with Crippen LogP contribution in [0.1, 0.15) is 71.1 Å². The molecule has 2 N–H and O–H groups in total. The average Bonchev–Trinajstić information content (AvgIpc) is 3.15. The van der Waals surface area contributed by atoms with Crippen molar-refractivity contribution >= 4 is 31.9 Å². The smallest absolute Gasteiger partial charge is 0.0964 e. The largest absolute Gasteiger partial charge is 0.254 e. The molecule has 5 rings (SSSR count). The van der Waals surface area contributed by atoms with Crippen molar-refractivity contribution in [2.24, 2.45) is 3.50 Å². The summed E-state index contributed by atoms with van der Waals surface area (Å²) in [5.41, 5.74) is -1.67. The SMILES string of the molecule is CC(O)(C(F)(F)F)C(F)(F)F.CC(O)(C(F)(F)F)C(F)(F)F.CCCc1cccc(CCC)c1[N]=[Mo]=[CH]C(C)(C)c1ccccc1.c1cnc2c(c1)ccc1cccnc12. The molecule has 330 valence electrons. The molecule has 0 amide bonds. The van der Waals surface area contributed by atoms with E-state index in [1.165, 1.54) is 35.2 Å². The Morgan fingerprint density at radius 1 is 0.533 bits per heavy atom. The molecule has 3 aromatic carbocycles. The molecule has 0 radical (unpaired) electrons. The van der Waals surface area contributed by atoms with E-state index in [2.05, 4.69) is 115 Å². The van der Waals surface area contributed by atoms with Crippen molar-refractivity contribution in [3.8, 4) is 0 Å². The molecule has 0 saturated heterocycles. The summed E-state index contributed by atoms with van der Waals surface area (Å²) in [6.07, 6.45) is -14.5. The molecule has 0 aliphatic carbocycles. The van der Waals surface area contributed by atoms with Gasteiger partial charge in [0.2, 0.25) is 0 Å². The van der Waals surface area contributed by atoms with Crippen LogP contribution in [0.4, 0.5) is 58.4 Å². The Morgan fingerprint density at radius 2 is 0.917 bits per heavy atom. The van der Waals surface area contributed by atoms with E-state index in [9.17, 15) is 52.7 Å². The van der Waals surface area contributed by atoms with Crippen LogP contribution in [0.5, 0.6) is 0 Å². The molecule has 18 heteroatoms. The summed E-state index contributed by atoms with van der Waals surface area (Å²) >= 11 is -0.524. The second-order valence-electron chi connectivity index (χ2n) is 14.2. The zero-order valence-corrected chi connectivity index (χ0v) is 35.3. The fraction of sp³-hybridized carbons (Fsp3) is 0.405. The topological polar surface area (TPSA) is 78.6 Å². The number of alkyl halides is 12. The van der Waals surface area contributed by atoms with Gasteiger partial charge in [-0.3, -0.25) is 9.97 Å². The quantitative estimate of drug-likeness (QED) is 0.0968. The van der Waals surface area contributed by atoms with E-state index >= 15 is 0 Å². The van der Waals surface area contributed by atoms with Crippen LogP contribution in [0.2, 0.25) is 0 Å². The molecule has 0 bridgehead atoms. The molecule has 0 aliphatic heterocycles. The van der Waals surface area contributed by atoms with Gasteiger partial charge < -0.3 is 10.2 Å². The minimum atomic E-state index is -5.69. The van der Waals surface area contributed by atoms with Gasteiger partial charge in [-0.2, -0.15) is 52.7 Å². The van der Waals surface area contributed by atoms with Crippen LogP contribution in [0.25, 0.3) is 21.8 Å². The summed E-state index contributed by atoms with van der Waals surface area (Å²) in [5.74, 6) is 0. The molecule has 60 heavy (non-hydrogen) atoms. The molecule has 0 saturated carbocycles. The molecular weight excluding hydrogens is 902 g/mol. The normalized spacial score (nSPS) is 12.6. The summed E-state index contributed by atoms with van der Waals surface area (Å²) in [4.78, 5) is 8.69. The van der Waals surface area contributed by atoms with E-state index in [0.717, 1.165) is 34.6 Å². The van der Waals surface area contributed by atoms with Crippen LogP contribution in [0.3, 0.4) is 0 Å². The van der Waals surface area contributed by atoms with Crippen LogP contribution >= 0.6 is 0 Å². The van der Waals surface area contributed by atoms with Crippen LogP contribution in [0.15, 0.2) is 101 Å². The molecule has 0 spiro atoms. The molecule has 5 nitrogen and oxygen atoms in total. The monoisotopic (exact) mass is 949 g/mol. The fourth-order valence-electron chi connectivity index (χ4n) is 4.85. The van der Waals surface area contributed by atoms with Crippen molar-refractivity contribution in [2.45, 2.75) is 109 Å². The number of rotatable bonds is 7. The van der Waals surface area contributed by atoms with Crippen LogP contribution in [-0.2, 0) is 36.2 Å². The summed E-state index contributed by atoms with van der Waals surface area (Å²) in [6.45, 7) is 8.41. The van der Waals surface area contributed by atoms with E-state index in [4.69, 9.17) is 13.7 Å². The number of aliphatic hydroxyl groups is 2. The van der Waals surface area contributed by atoms with Crippen molar-refractivity contribution in [1.29, 1.82) is 0 Å². The molecule has 2 aromatic heterocycles. The molecule has 0 aliphatic rings. The van der Waals surface area contributed by atoms with Gasteiger partial charge in [-0.25, -0.2) is 0 Å². The van der Waals surface area contributed by atoms with Crippen molar-refractivity contribution in [3.05, 3.63) is 114 Å². The van der Waals surface area contributed by atoms with Gasteiger partial charge in [-0.15, -0.1) is 0 Å². The molecule has 0 fully saturated rings. The van der Waals surface area contributed by atoms with E-state index in [1.807, 2.05) is 12.1 Å². The minimum Gasteiger partial charge on any atom is -0.254 e. The van der Waals surface area contributed by atoms with E-state index in [-0.39, 0.29) is 19.3 Å². The molecular formula is C42H45F12MoN3O2. The maximum atomic E-state index is 11.4. The second-order valence-corrected chi connectivity index (χ2v) is 15.7. The van der Waals surface area contributed by atoms with Crippen LogP contribution in [0, 0.1) is 0 Å². The van der Waals surface area contributed by atoms with E-state index in [1.54, 1.807) is 12.4 Å². The number of hydrogen-bond acceptors (Lipinski definition) is 5. The summed E-state index contributed by atoms with van der Waals surface area (Å²) in [6, 6.07) is 29.6. The van der Waals surface area contributed by atoms with Gasteiger partial charge >= 0.3 is 180 Å². The number of hydrogen-bond donors (Lipinski definition) is 2. The fourth-order valence-corrected chi connectivity index (χ4v) is 6.80. The predicted molar refractivity (Wildman–Crippen MR) is 205 cm³/mol. The molecule has 0 unspecified atom stereocenters. The van der Waals surface area contributed by atoms with Gasteiger partial charge in [0.25, 0.3) is 11.2 Å². The third kappa shape index (κ3) is 14.0. The Kier molecular flexibility index (Phi) is 18.3. The van der Waals surface area contributed by atoms with Gasteiger partial charge in [0, 0.05) is 23.2 Å². The van der Waals surface area contributed by atoms with Crippen LogP contribution < -0.4 is 0 Å². The first-order chi connectivity index (χ1) is 27.5. The standard InChI is InChI=1S/C12H8N2.C12H17N.C10H12.2C4H4F6O.Mo/c1-3-9-5-6-10-4-2-8-14-12(10)11(9)13-7-1;1-3-6-10-8-5-9-11(7-4-2)12(10)13;1-10(2,3)9-7-5-4-6-8-9;2*1-2(11,3(5,6)7)4(8,9)10;/h1-8H;5,8-9H,3-4,6-7H2,1-2H3;1,4-8H,2-3H3;2*11H,1H3;. The van der Waals surface area contributed by atoms with Crippen molar-refractivity contribution in [3.63, 3.8) is 0 Å². The Morgan fingerprint density at radius 3 is 1.25 bits per heavy atom. The van der Waals surface area contributed by atoms with Crippen molar-refractivity contribution in [2.75, 3.05) is 0 Å². The maximum absolute atomic E-state index is 11.4. The van der Waals surface area contributed by atoms with Crippen molar-refractivity contribution in [1.82, 2.24) is 9.97 Å². The second kappa shape index (κ2) is 21.1. The predicted octanol–water partition coefficient (Wildman–Crippen LogP) is 12.8. The summed E-state index contributed by atoms with van der Waals surface area (Å²) < 4.78 is 144. The first kappa shape index (κ1) is 52.1. The number of fused-ring (bicyclic) bond motifs is 3. The summed E-state index contributed by atoms with van der Waals surface area (Å²) in [5, 5.41) is 18.2. The minimum absolute atomic E-state index is 0.0949. The number of benzene rings is 3. The summed E-state index contributed by atoms with van der Waals surface area (Å²) in [7, 11) is 0. The Hall–Kier alpha value is -4.08. The Labute approximate surface area is 347 Å². The van der Waals surface area contributed by atoms with Crippen molar-refractivity contribution < 1.29 is 80.8 Å². The number of aromatic nitrogens is 2. The number of nitrogens with zero attached hydrogens (tertiary/aromatic N) is 3. The van der Waals surface area contributed by atoms with Gasteiger partial charge in [-0.05, 0) is 26.0 Å². The van der Waals surface area contributed by atoms with Gasteiger partial charge in [0.1, 0.15) is 0 Å². The van der Waals surface area contributed by atoms with Gasteiger partial charge in [-0.1, -0.05) is 24.3 Å². The number of pyridine rings is 2. The van der Waals surface area contributed by atoms with Gasteiger partial charge in [0.05, 0.1) is 11.0 Å². The van der Waals surface area contributed by atoms with Gasteiger partial charge in [0.15, 0.2) is 0 Å². The number of halogens is 12. The molecule has 2 heterocycles. The first-order valence-corrected chi connectivity index (χ1v) is 20.3.